The van der Waals surface area contributed by atoms with Crippen LogP contribution in [0.2, 0.25) is 0 Å². The zero-order chi connectivity index (χ0) is 7.52. The molecule has 0 spiro atoms. The van der Waals surface area contributed by atoms with Crippen molar-refractivity contribution in [3.05, 3.63) is 35.9 Å². The van der Waals surface area contributed by atoms with E-state index >= 15 is 0 Å². The van der Waals surface area contributed by atoms with Crippen molar-refractivity contribution >= 4 is 18.0 Å². The lowest BCUT2D eigenvalue weighted by Gasteiger charge is -2.00. The molecule has 0 bridgehead atoms. The van der Waals surface area contributed by atoms with Gasteiger partial charge >= 0.3 is 0 Å². The fraction of sp³-hybridized carbons (Fsp3) is 0. The van der Waals surface area contributed by atoms with Gasteiger partial charge in [0.2, 0.25) is 0 Å². The number of hydrogen-bond acceptors (Lipinski definition) is 2. The molecule has 2 heteroatoms. The van der Waals surface area contributed by atoms with Gasteiger partial charge in [-0.2, -0.15) is 5.10 Å². The number of fused-ring (bicyclic) bond motifs is 1. The number of nitrogens with one attached hydrogen (secondary N) is 1. The van der Waals surface area contributed by atoms with Gasteiger partial charge in [-0.25, -0.2) is 0 Å². The Bertz CT molecular complexity index is 313. The Hall–Kier alpha value is -1.57. The Balaban J connectivity index is 2.52. The van der Waals surface area contributed by atoms with Gasteiger partial charge in [-0.3, -0.25) is 5.43 Å². The van der Waals surface area contributed by atoms with E-state index in [-0.39, 0.29) is 0 Å². The molecule has 0 amide bonds. The SMILES string of the molecule is [C]1=Cc2ccccc2NN=C1. The van der Waals surface area contributed by atoms with E-state index in [1.165, 1.54) is 0 Å². The molecule has 1 aliphatic heterocycles. The van der Waals surface area contributed by atoms with Crippen LogP contribution in [0.5, 0.6) is 0 Å². The molecule has 1 radical (unpaired) electrons. The molecule has 0 aromatic heterocycles. The second-order valence-electron chi connectivity index (χ2n) is 2.27. The molecule has 0 atom stereocenters. The maximum absolute atomic E-state index is 3.89. The predicted octanol–water partition coefficient (Wildman–Crippen LogP) is 1.91. The van der Waals surface area contributed by atoms with E-state index in [4.69, 9.17) is 0 Å². The summed E-state index contributed by atoms with van der Waals surface area (Å²) in [6.07, 6.45) is 6.44. The molecule has 0 fully saturated rings. The van der Waals surface area contributed by atoms with Crippen LogP contribution in [0, 0.1) is 6.08 Å². The van der Waals surface area contributed by atoms with Crippen molar-refractivity contribution in [2.75, 3.05) is 5.43 Å². The summed E-state index contributed by atoms with van der Waals surface area (Å²) in [7, 11) is 0. The number of para-hydroxylation sites is 1. The first-order chi connectivity index (χ1) is 5.47. The van der Waals surface area contributed by atoms with Gasteiger partial charge in [0.25, 0.3) is 0 Å². The smallest absolute Gasteiger partial charge is 0.0634 e. The largest absolute Gasteiger partial charge is 0.278 e. The monoisotopic (exact) mass is 143 g/mol. The highest BCUT2D eigenvalue weighted by molar-refractivity contribution is 5.80. The van der Waals surface area contributed by atoms with Crippen LogP contribution in [0.25, 0.3) is 6.08 Å². The molecule has 2 nitrogen and oxygen atoms in total. The van der Waals surface area contributed by atoms with Crippen molar-refractivity contribution in [3.8, 4) is 0 Å². The Morgan fingerprint density at radius 3 is 3.18 bits per heavy atom. The van der Waals surface area contributed by atoms with Gasteiger partial charge in [0.15, 0.2) is 0 Å². The summed E-state index contributed by atoms with van der Waals surface area (Å²) < 4.78 is 0. The highest BCUT2D eigenvalue weighted by Crippen LogP contribution is 2.17. The third-order valence-electron chi connectivity index (χ3n) is 1.52. The Kier molecular flexibility index (Phi) is 1.44. The molecule has 1 aromatic carbocycles. The van der Waals surface area contributed by atoms with Gasteiger partial charge in [0, 0.05) is 11.6 Å². The average molecular weight is 143 g/mol. The lowest BCUT2D eigenvalue weighted by atomic mass is 10.2. The zero-order valence-electron chi connectivity index (χ0n) is 5.91. The van der Waals surface area contributed by atoms with Crippen LogP contribution in [0.4, 0.5) is 5.69 Å². The summed E-state index contributed by atoms with van der Waals surface area (Å²) in [5.41, 5.74) is 5.04. The molecule has 2 rings (SSSR count). The molecule has 1 aliphatic rings. The first-order valence-electron chi connectivity index (χ1n) is 3.43. The van der Waals surface area contributed by atoms with Crippen molar-refractivity contribution in [1.29, 1.82) is 0 Å². The lowest BCUT2D eigenvalue weighted by Crippen LogP contribution is -1.87. The van der Waals surface area contributed by atoms with E-state index in [0.29, 0.717) is 0 Å². The zero-order valence-corrected chi connectivity index (χ0v) is 5.91. The first kappa shape index (κ1) is 6.16. The van der Waals surface area contributed by atoms with Gasteiger partial charge < -0.3 is 0 Å². The normalized spacial score (nSPS) is 13.5. The van der Waals surface area contributed by atoms with Gasteiger partial charge in [0.1, 0.15) is 0 Å². The molecule has 53 valence electrons. The maximum atomic E-state index is 3.89. The Morgan fingerprint density at radius 2 is 2.18 bits per heavy atom. The molecule has 1 aromatic rings. The summed E-state index contributed by atoms with van der Waals surface area (Å²) in [6.45, 7) is 0. The van der Waals surface area contributed by atoms with E-state index < -0.39 is 0 Å². The molecular weight excluding hydrogens is 136 g/mol. The lowest BCUT2D eigenvalue weighted by molar-refractivity contribution is 1.35. The van der Waals surface area contributed by atoms with Crippen molar-refractivity contribution in [1.82, 2.24) is 0 Å². The third kappa shape index (κ3) is 1.15. The van der Waals surface area contributed by atoms with E-state index in [1.807, 2.05) is 30.3 Å². The highest BCUT2D eigenvalue weighted by Gasteiger charge is 1.96. The van der Waals surface area contributed by atoms with E-state index in [9.17, 15) is 0 Å². The minimum absolute atomic E-state index is 1.02. The molecule has 0 saturated carbocycles. The van der Waals surface area contributed by atoms with E-state index in [0.717, 1.165) is 11.3 Å². The van der Waals surface area contributed by atoms with Gasteiger partial charge in [-0.15, -0.1) is 0 Å². The first-order valence-corrected chi connectivity index (χ1v) is 3.43. The van der Waals surface area contributed by atoms with Crippen molar-refractivity contribution in [3.63, 3.8) is 0 Å². The molecule has 1 N–H and O–H groups in total. The van der Waals surface area contributed by atoms with Crippen LogP contribution in [0.1, 0.15) is 5.56 Å². The molecular formula is C9H7N2. The Labute approximate surface area is 65.2 Å². The summed E-state index contributed by atoms with van der Waals surface area (Å²) in [5, 5.41) is 3.89. The van der Waals surface area contributed by atoms with Crippen molar-refractivity contribution in [2.24, 2.45) is 5.10 Å². The standard InChI is InChI=1S/C9H7N2/c1-2-6-9-8(4-1)5-3-7-10-11-9/h1-2,4-7,11H. The molecule has 0 saturated heterocycles. The fourth-order valence-electron chi connectivity index (χ4n) is 0.991. The summed E-state index contributed by atoms with van der Waals surface area (Å²) in [4.78, 5) is 0. The third-order valence-corrected chi connectivity index (χ3v) is 1.52. The van der Waals surface area contributed by atoms with Crippen LogP contribution >= 0.6 is 0 Å². The average Bonchev–Trinajstić information content (AvgIpc) is 2.28. The minimum Gasteiger partial charge on any atom is -0.278 e. The number of rotatable bonds is 0. The number of hydrazone groups is 1. The highest BCUT2D eigenvalue weighted by atomic mass is 15.3. The van der Waals surface area contributed by atoms with Crippen molar-refractivity contribution < 1.29 is 0 Å². The number of benzene rings is 1. The molecule has 0 aliphatic carbocycles. The van der Waals surface area contributed by atoms with Gasteiger partial charge in [-0.1, -0.05) is 18.2 Å². The maximum Gasteiger partial charge on any atom is 0.0634 e. The second-order valence-corrected chi connectivity index (χ2v) is 2.27. The van der Waals surface area contributed by atoms with Crippen LogP contribution in [-0.4, -0.2) is 6.21 Å². The van der Waals surface area contributed by atoms with Crippen LogP contribution in [-0.2, 0) is 0 Å². The number of allylic oxidation sites excluding steroid dienone is 1. The van der Waals surface area contributed by atoms with Crippen LogP contribution in [0.15, 0.2) is 29.4 Å². The van der Waals surface area contributed by atoms with Crippen molar-refractivity contribution in [2.45, 2.75) is 0 Å². The van der Waals surface area contributed by atoms with Gasteiger partial charge in [-0.05, 0) is 12.1 Å². The fourth-order valence-corrected chi connectivity index (χ4v) is 0.991. The molecule has 1 heterocycles. The minimum atomic E-state index is 1.02. The van der Waals surface area contributed by atoms with E-state index in [1.54, 1.807) is 6.21 Å². The molecule has 11 heavy (non-hydrogen) atoms. The van der Waals surface area contributed by atoms with E-state index in [2.05, 4.69) is 16.6 Å². The number of hydrogen-bond donors (Lipinski definition) is 1. The predicted molar refractivity (Wildman–Crippen MR) is 46.3 cm³/mol. The summed E-state index contributed by atoms with van der Waals surface area (Å²) >= 11 is 0. The number of anilines is 1. The Morgan fingerprint density at radius 1 is 1.27 bits per heavy atom. The molecule has 0 unspecified atom stereocenters. The summed E-state index contributed by atoms with van der Waals surface area (Å²) in [5.74, 6) is 0. The van der Waals surface area contributed by atoms with Gasteiger partial charge in [0.05, 0.1) is 11.9 Å². The topological polar surface area (TPSA) is 24.4 Å². The second kappa shape index (κ2) is 2.58. The van der Waals surface area contributed by atoms with Crippen LogP contribution in [0.3, 0.4) is 0 Å². The van der Waals surface area contributed by atoms with Crippen LogP contribution < -0.4 is 5.43 Å². The summed E-state index contributed by atoms with van der Waals surface area (Å²) in [6, 6.07) is 7.96. The number of nitrogens with zero attached hydrogens (tertiary/aromatic N) is 1. The quantitative estimate of drug-likeness (QED) is 0.589.